The van der Waals surface area contributed by atoms with Gasteiger partial charge in [-0.3, -0.25) is 0 Å². The van der Waals surface area contributed by atoms with Crippen LogP contribution in [0.1, 0.15) is 13.8 Å². The molecule has 0 aliphatic heterocycles. The lowest BCUT2D eigenvalue weighted by Crippen LogP contribution is -3.06. The van der Waals surface area contributed by atoms with Gasteiger partial charge in [0.25, 0.3) is 0 Å². The van der Waals surface area contributed by atoms with Crippen LogP contribution in [0.25, 0.3) is 10.8 Å². The third-order valence-electron chi connectivity index (χ3n) is 3.01. The fourth-order valence-electron chi connectivity index (χ4n) is 2.07. The fraction of sp³-hybridized carbons (Fsp3) is 0.286. The van der Waals surface area contributed by atoms with E-state index in [0.29, 0.717) is 0 Å². The Hall–Kier alpha value is -1.34. The summed E-state index contributed by atoms with van der Waals surface area (Å²) in [6, 6.07) is 15.3. The predicted molar refractivity (Wildman–Crippen MR) is 65.7 cm³/mol. The second kappa shape index (κ2) is 4.45. The average Bonchev–Trinajstić information content (AvgIpc) is 2.30. The molecule has 0 saturated carbocycles. The normalized spacial score (nSPS) is 11.1. The van der Waals surface area contributed by atoms with Crippen LogP contribution in [0, 0.1) is 0 Å². The zero-order chi connectivity index (χ0) is 10.7. The Morgan fingerprint density at radius 1 is 0.867 bits per heavy atom. The molecule has 0 radical (unpaired) electrons. The number of rotatable bonds is 3. The van der Waals surface area contributed by atoms with Gasteiger partial charge in [0.2, 0.25) is 0 Å². The molecule has 0 amide bonds. The van der Waals surface area contributed by atoms with Crippen LogP contribution < -0.4 is 4.90 Å². The molecule has 0 aliphatic carbocycles. The smallest absolute Gasteiger partial charge is 0.131 e. The Morgan fingerprint density at radius 3 is 2.20 bits per heavy atom. The Morgan fingerprint density at radius 2 is 1.53 bits per heavy atom. The molecule has 15 heavy (non-hydrogen) atoms. The summed E-state index contributed by atoms with van der Waals surface area (Å²) >= 11 is 0. The minimum atomic E-state index is 1.15. The van der Waals surface area contributed by atoms with E-state index in [9.17, 15) is 0 Å². The monoisotopic (exact) mass is 200 g/mol. The molecule has 0 saturated heterocycles. The van der Waals surface area contributed by atoms with Gasteiger partial charge >= 0.3 is 0 Å². The van der Waals surface area contributed by atoms with E-state index in [1.54, 1.807) is 4.90 Å². The van der Waals surface area contributed by atoms with Crippen molar-refractivity contribution in [3.8, 4) is 0 Å². The minimum absolute atomic E-state index is 1.15. The van der Waals surface area contributed by atoms with Crippen LogP contribution in [-0.2, 0) is 0 Å². The lowest BCUT2D eigenvalue weighted by atomic mass is 10.1. The number of hydrogen-bond acceptors (Lipinski definition) is 0. The quantitative estimate of drug-likeness (QED) is 0.776. The van der Waals surface area contributed by atoms with E-state index in [2.05, 4.69) is 56.3 Å². The van der Waals surface area contributed by atoms with Gasteiger partial charge < -0.3 is 4.90 Å². The van der Waals surface area contributed by atoms with Crippen molar-refractivity contribution < 1.29 is 4.90 Å². The van der Waals surface area contributed by atoms with Crippen molar-refractivity contribution in [3.05, 3.63) is 42.5 Å². The maximum atomic E-state index is 2.30. The van der Waals surface area contributed by atoms with Crippen molar-refractivity contribution in [1.82, 2.24) is 0 Å². The first-order valence-corrected chi connectivity index (χ1v) is 5.69. The Kier molecular flexibility index (Phi) is 3.02. The van der Waals surface area contributed by atoms with Crippen molar-refractivity contribution in [3.63, 3.8) is 0 Å². The molecule has 1 N–H and O–H groups in total. The fourth-order valence-corrected chi connectivity index (χ4v) is 2.07. The van der Waals surface area contributed by atoms with Gasteiger partial charge in [0.1, 0.15) is 5.69 Å². The SMILES string of the molecule is CC[NH+](CC)c1ccc2ccccc2c1. The van der Waals surface area contributed by atoms with Crippen molar-refractivity contribution in [2.45, 2.75) is 13.8 Å². The second-order valence-electron chi connectivity index (χ2n) is 3.87. The topological polar surface area (TPSA) is 4.44 Å². The molecule has 1 nitrogen and oxygen atoms in total. The summed E-state index contributed by atoms with van der Waals surface area (Å²) in [7, 11) is 0. The van der Waals surface area contributed by atoms with Crippen molar-refractivity contribution in [2.75, 3.05) is 13.1 Å². The molecule has 0 aromatic heterocycles. The number of nitrogens with one attached hydrogen (secondary N) is 1. The second-order valence-corrected chi connectivity index (χ2v) is 3.87. The molecule has 0 atom stereocenters. The summed E-state index contributed by atoms with van der Waals surface area (Å²) in [5.41, 5.74) is 1.40. The van der Waals surface area contributed by atoms with Gasteiger partial charge in [-0.15, -0.1) is 0 Å². The molecule has 0 heterocycles. The molecule has 2 aromatic carbocycles. The summed E-state index contributed by atoms with van der Waals surface area (Å²) in [4.78, 5) is 1.54. The maximum absolute atomic E-state index is 2.30. The zero-order valence-corrected chi connectivity index (χ0v) is 9.46. The lowest BCUT2D eigenvalue weighted by molar-refractivity contribution is -0.828. The van der Waals surface area contributed by atoms with Crippen LogP contribution in [0.3, 0.4) is 0 Å². The Bertz CT molecular complexity index is 444. The van der Waals surface area contributed by atoms with Gasteiger partial charge in [0, 0.05) is 6.07 Å². The molecule has 0 bridgehead atoms. The van der Waals surface area contributed by atoms with E-state index in [1.807, 2.05) is 0 Å². The highest BCUT2D eigenvalue weighted by Gasteiger charge is 2.06. The first-order chi connectivity index (χ1) is 7.35. The molecule has 0 unspecified atom stereocenters. The number of fused-ring (bicyclic) bond motifs is 1. The van der Waals surface area contributed by atoms with Crippen LogP contribution in [0.5, 0.6) is 0 Å². The van der Waals surface area contributed by atoms with Crippen LogP contribution in [0.2, 0.25) is 0 Å². The summed E-state index contributed by atoms with van der Waals surface area (Å²) in [5.74, 6) is 0. The molecular formula is C14H18N+. The Balaban J connectivity index is 2.46. The molecule has 0 aliphatic rings. The minimum Gasteiger partial charge on any atom is -0.303 e. The van der Waals surface area contributed by atoms with Gasteiger partial charge in [-0.2, -0.15) is 0 Å². The van der Waals surface area contributed by atoms with Crippen LogP contribution in [0.15, 0.2) is 42.5 Å². The number of hydrogen-bond donors (Lipinski definition) is 1. The summed E-state index contributed by atoms with van der Waals surface area (Å²) in [6.07, 6.45) is 0. The molecule has 78 valence electrons. The van der Waals surface area contributed by atoms with Gasteiger partial charge in [0.15, 0.2) is 0 Å². The van der Waals surface area contributed by atoms with Crippen LogP contribution in [0.4, 0.5) is 5.69 Å². The third kappa shape index (κ3) is 2.02. The first kappa shape index (κ1) is 10.2. The van der Waals surface area contributed by atoms with Crippen LogP contribution in [-0.4, -0.2) is 13.1 Å². The van der Waals surface area contributed by atoms with E-state index in [-0.39, 0.29) is 0 Å². The zero-order valence-electron chi connectivity index (χ0n) is 9.46. The maximum Gasteiger partial charge on any atom is 0.131 e. The average molecular weight is 200 g/mol. The van der Waals surface area contributed by atoms with Gasteiger partial charge in [-0.1, -0.05) is 24.3 Å². The highest BCUT2D eigenvalue weighted by Crippen LogP contribution is 2.16. The predicted octanol–water partition coefficient (Wildman–Crippen LogP) is 2.40. The lowest BCUT2D eigenvalue weighted by Gasteiger charge is -2.15. The largest absolute Gasteiger partial charge is 0.303 e. The van der Waals surface area contributed by atoms with Crippen molar-refractivity contribution in [1.29, 1.82) is 0 Å². The van der Waals surface area contributed by atoms with E-state index < -0.39 is 0 Å². The molecule has 2 rings (SSSR count). The number of quaternary nitrogens is 1. The van der Waals surface area contributed by atoms with Crippen LogP contribution >= 0.6 is 0 Å². The summed E-state index contributed by atoms with van der Waals surface area (Å²) in [6.45, 7) is 6.76. The molecule has 2 aromatic rings. The van der Waals surface area contributed by atoms with Gasteiger partial charge in [0.05, 0.1) is 13.1 Å². The molecular weight excluding hydrogens is 182 g/mol. The third-order valence-corrected chi connectivity index (χ3v) is 3.01. The molecule has 0 spiro atoms. The van der Waals surface area contributed by atoms with Gasteiger partial charge in [-0.25, -0.2) is 0 Å². The van der Waals surface area contributed by atoms with Gasteiger partial charge in [-0.05, 0) is 36.8 Å². The van der Waals surface area contributed by atoms with Crippen molar-refractivity contribution >= 4 is 16.5 Å². The molecule has 1 heteroatoms. The van der Waals surface area contributed by atoms with Crippen molar-refractivity contribution in [2.24, 2.45) is 0 Å². The molecule has 0 fully saturated rings. The van der Waals surface area contributed by atoms with E-state index in [1.165, 1.54) is 16.5 Å². The van der Waals surface area contributed by atoms with E-state index in [0.717, 1.165) is 13.1 Å². The highest BCUT2D eigenvalue weighted by molar-refractivity contribution is 5.84. The number of benzene rings is 2. The first-order valence-electron chi connectivity index (χ1n) is 5.69. The summed E-state index contributed by atoms with van der Waals surface area (Å²) < 4.78 is 0. The Labute approximate surface area is 91.3 Å². The standard InChI is InChI=1S/C14H17N/c1-3-15(4-2)14-10-9-12-7-5-6-8-13(12)11-14/h5-11H,3-4H2,1-2H3/p+1. The van der Waals surface area contributed by atoms with E-state index >= 15 is 0 Å². The van der Waals surface area contributed by atoms with E-state index in [4.69, 9.17) is 0 Å². The summed E-state index contributed by atoms with van der Waals surface area (Å²) in [5, 5.41) is 2.67. The highest BCUT2D eigenvalue weighted by atomic mass is 15.1.